The number of carbonyl (C=O) groups excluding carboxylic acids is 3. The lowest BCUT2D eigenvalue weighted by Crippen LogP contribution is -2.61. The predicted molar refractivity (Wildman–Crippen MR) is 293 cm³/mol. The molecule has 2 bridgehead atoms. The number of aliphatic carboxylic acids is 1. The number of fused-ring (bicyclic) bond motifs is 7. The second kappa shape index (κ2) is 21.2. The molecule has 20 heteroatoms. The normalized spacial score (nSPS) is 44.1. The van der Waals surface area contributed by atoms with Gasteiger partial charge in [0, 0.05) is 62.9 Å². The highest BCUT2D eigenvalue weighted by Gasteiger charge is 2.66. The van der Waals surface area contributed by atoms with Crippen LogP contribution in [0, 0.1) is 40.4 Å². The van der Waals surface area contributed by atoms with Gasteiger partial charge in [-0.1, -0.05) is 70.4 Å². The number of ketones is 1. The summed E-state index contributed by atoms with van der Waals surface area (Å²) in [7, 11) is 0. The molecule has 1 aromatic carbocycles. The Morgan fingerprint density at radius 1 is 0.838 bits per heavy atom. The van der Waals surface area contributed by atoms with Crippen molar-refractivity contribution >= 4 is 57.2 Å². The Labute approximate surface area is 470 Å². The van der Waals surface area contributed by atoms with Gasteiger partial charge < -0.3 is 74.6 Å². The second-order valence-corrected chi connectivity index (χ2v) is 25.7. The molecular formula is C60H79ClN4O15. The summed E-state index contributed by atoms with van der Waals surface area (Å²) in [6.45, 7) is 14.7. The average Bonchev–Trinajstić information content (AvgIpc) is 4.18. The van der Waals surface area contributed by atoms with Crippen LogP contribution in [0.2, 0.25) is 5.02 Å². The molecule has 4 aliphatic heterocycles. The molecule has 4 saturated heterocycles. The third kappa shape index (κ3) is 9.66. The summed E-state index contributed by atoms with van der Waals surface area (Å²) in [5, 5.41) is 52.0. The summed E-state index contributed by atoms with van der Waals surface area (Å²) in [5.74, 6) is -5.01. The second-order valence-electron chi connectivity index (χ2n) is 25.3. The number of aliphatic hydroxyl groups excluding tert-OH is 3. The molecule has 11 rings (SSSR count). The molecule has 4 aliphatic carbocycles. The lowest BCUT2D eigenvalue weighted by Gasteiger charge is -2.53. The van der Waals surface area contributed by atoms with E-state index in [-0.39, 0.29) is 78.6 Å². The number of aliphatic hydroxyl groups is 3. The quantitative estimate of drug-likeness (QED) is 0.0543. The Morgan fingerprint density at radius 3 is 2.31 bits per heavy atom. The molecule has 8 aliphatic rings. The number of esters is 1. The van der Waals surface area contributed by atoms with Crippen molar-refractivity contribution < 1.29 is 72.8 Å². The number of amides is 1. The van der Waals surface area contributed by atoms with Crippen LogP contribution in [0.1, 0.15) is 137 Å². The zero-order valence-corrected chi connectivity index (χ0v) is 47.6. The standard InChI is InChI=1S/C60H79ClN4O15/c1-9-31-24-57(6)25-37(55(71)72)27(2)23-60(57)52(69)48(54(70)65-60)51(68)59(8)32(19-41(31)66)13-15-34-38(59)11-10-12-43(34)78-45-18-17-42(28(3)74-45)77-47-26-58(7,50(67)30(5)76-47)80-46-22-44(49(62)29(4)75-46)79-56(73)40-21-36-35-20-33(61)14-16-39(35)63-53(36)64-40/h13-16,20-21,25,27-32,34,38,41-47,49-50,63-64,66-68H,9-12,17-19,22-24,26,62H2,1-8H3,(H,65,70)(H,71,72)/b51-48+/t27?,28-,29+,30+,31?,32?,34?,38?,41?,42-,43?,44+,45+,46-,47-,49-,50+,57?,58-,59?,60?/m1/s1. The molecule has 21 atom stereocenters. The van der Waals surface area contributed by atoms with Crippen molar-refractivity contribution in [3.05, 3.63) is 70.1 Å². The van der Waals surface area contributed by atoms with Crippen LogP contribution in [0.3, 0.4) is 0 Å². The maximum Gasteiger partial charge on any atom is 0.355 e. The Kier molecular flexibility index (Phi) is 15.1. The Bertz CT molecular complexity index is 3030. The molecule has 1 amide bonds. The van der Waals surface area contributed by atoms with Crippen LogP contribution in [0.5, 0.6) is 0 Å². The van der Waals surface area contributed by atoms with Crippen molar-refractivity contribution in [3.63, 3.8) is 0 Å². The third-order valence-electron chi connectivity index (χ3n) is 20.2. The number of aromatic nitrogens is 2. The highest BCUT2D eigenvalue weighted by atomic mass is 35.5. The van der Waals surface area contributed by atoms with Gasteiger partial charge in [-0.2, -0.15) is 0 Å². The van der Waals surface area contributed by atoms with Crippen molar-refractivity contribution in [3.8, 4) is 0 Å². The minimum Gasteiger partial charge on any atom is -0.511 e. The van der Waals surface area contributed by atoms with E-state index >= 15 is 4.79 Å². The van der Waals surface area contributed by atoms with Crippen molar-refractivity contribution in [1.29, 1.82) is 0 Å². The molecule has 2 aromatic heterocycles. The van der Waals surface area contributed by atoms with Crippen molar-refractivity contribution in [1.82, 2.24) is 15.3 Å². The summed E-state index contributed by atoms with van der Waals surface area (Å²) in [6, 6.07) is 6.57. The first-order chi connectivity index (χ1) is 37.9. The van der Waals surface area contributed by atoms with Gasteiger partial charge in [-0.15, -0.1) is 0 Å². The highest BCUT2D eigenvalue weighted by Crippen LogP contribution is 2.60. The number of hydrogen-bond acceptors (Lipinski definition) is 15. The molecular weight excluding hydrogens is 1050 g/mol. The lowest BCUT2D eigenvalue weighted by atomic mass is 9.53. The van der Waals surface area contributed by atoms with Gasteiger partial charge in [0.2, 0.25) is 0 Å². The van der Waals surface area contributed by atoms with E-state index in [1.807, 2.05) is 39.0 Å². The van der Waals surface area contributed by atoms with Crippen molar-refractivity contribution in [2.75, 3.05) is 0 Å². The predicted octanol–water partition coefficient (Wildman–Crippen LogP) is 7.95. The number of nitrogens with two attached hydrogens (primary N) is 1. The maximum absolute atomic E-state index is 15.1. The molecule has 1 spiro atoms. The molecule has 0 radical (unpaired) electrons. The topological polar surface area (TPSA) is 283 Å². The molecule has 10 unspecified atom stereocenters. The number of ether oxygens (including phenoxy) is 7. The molecule has 5 fully saturated rings. The number of rotatable bonds is 10. The number of allylic oxidation sites excluding steroid dienone is 2. The molecule has 436 valence electrons. The summed E-state index contributed by atoms with van der Waals surface area (Å²) in [6.07, 6.45) is 2.94. The van der Waals surface area contributed by atoms with Gasteiger partial charge in [-0.3, -0.25) is 9.59 Å². The van der Waals surface area contributed by atoms with E-state index in [1.54, 1.807) is 52.8 Å². The van der Waals surface area contributed by atoms with Crippen LogP contribution < -0.4 is 11.1 Å². The van der Waals surface area contributed by atoms with E-state index in [0.29, 0.717) is 42.8 Å². The van der Waals surface area contributed by atoms with Crippen molar-refractivity contribution in [2.45, 2.75) is 211 Å². The smallest absolute Gasteiger partial charge is 0.355 e. The number of Topliss-reactive ketones (excluding diaryl/α,β-unsaturated/α-hetero) is 1. The van der Waals surface area contributed by atoms with E-state index in [2.05, 4.69) is 21.4 Å². The van der Waals surface area contributed by atoms with E-state index in [4.69, 9.17) is 50.5 Å². The van der Waals surface area contributed by atoms with Gasteiger partial charge in [-0.25, -0.2) is 9.59 Å². The Hall–Kier alpha value is -4.67. The SMILES string of the molecule is CCC1CC2(C)C=C(C(=O)O)C(C)CC23NC(=O)/C(=C(/O)C2(C)C(C=CC4C(O[C@H]5CC[C@@H](O[C@@H]6C[C@@](C)(O[C@@H]7C[C@H](OC(=O)c8cc9c([nH]8)[nH]c8ccc(Cl)cc89)[C@H](N)[C@H](C)O7)[C@@H](O)[C@H](C)O6)[C@@H](C)O5)CCCC42)CC1O)C3=O. The number of H-pyrrole nitrogens is 2. The van der Waals surface area contributed by atoms with Crippen LogP contribution in [-0.4, -0.2) is 139 Å². The van der Waals surface area contributed by atoms with Crippen LogP contribution >= 0.6 is 11.6 Å². The fourth-order valence-corrected chi connectivity index (χ4v) is 15.7. The van der Waals surface area contributed by atoms with E-state index < -0.39 is 125 Å². The fourth-order valence-electron chi connectivity index (χ4n) is 15.5. The fraction of sp³-hybridized carbons (Fsp3) is 0.667. The largest absolute Gasteiger partial charge is 0.511 e. The summed E-state index contributed by atoms with van der Waals surface area (Å²) in [5.41, 5.74) is 3.20. The molecule has 6 heterocycles. The molecule has 9 N–H and O–H groups in total. The average molecular weight is 1130 g/mol. The number of hydrogen-bond donors (Lipinski definition) is 8. The number of benzene rings is 1. The van der Waals surface area contributed by atoms with Gasteiger partial charge in [0.05, 0.1) is 42.7 Å². The minimum atomic E-state index is -1.51. The monoisotopic (exact) mass is 1130 g/mol. The minimum absolute atomic E-state index is 0.0459. The van der Waals surface area contributed by atoms with Crippen molar-refractivity contribution in [2.24, 2.45) is 46.2 Å². The van der Waals surface area contributed by atoms with Gasteiger partial charge in [-0.05, 0) is 114 Å². The summed E-state index contributed by atoms with van der Waals surface area (Å²) >= 11 is 6.27. The molecule has 3 aromatic rings. The van der Waals surface area contributed by atoms with E-state index in [9.17, 15) is 34.8 Å². The van der Waals surface area contributed by atoms with Gasteiger partial charge in [0.1, 0.15) is 46.0 Å². The van der Waals surface area contributed by atoms with Gasteiger partial charge in [0.15, 0.2) is 24.7 Å². The molecule has 80 heavy (non-hydrogen) atoms. The maximum atomic E-state index is 15.1. The highest BCUT2D eigenvalue weighted by molar-refractivity contribution is 6.32. The van der Waals surface area contributed by atoms with Crippen LogP contribution in [0.25, 0.3) is 21.9 Å². The number of aromatic amines is 2. The first kappa shape index (κ1) is 57.2. The van der Waals surface area contributed by atoms with Crippen LogP contribution in [0.4, 0.5) is 0 Å². The summed E-state index contributed by atoms with van der Waals surface area (Å²) < 4.78 is 45.3. The lowest BCUT2D eigenvalue weighted by molar-refractivity contribution is -0.343. The van der Waals surface area contributed by atoms with E-state index in [0.717, 1.165) is 22.7 Å². The number of carboxylic acids is 1. The molecule has 19 nitrogen and oxygen atoms in total. The Morgan fingerprint density at radius 2 is 1.57 bits per heavy atom. The van der Waals surface area contributed by atoms with E-state index in [1.165, 1.54) is 0 Å². The zero-order valence-electron chi connectivity index (χ0n) is 46.9. The van der Waals surface area contributed by atoms with Crippen LogP contribution in [-0.2, 0) is 47.5 Å². The number of carboxylic acid groups (broad SMARTS) is 1. The third-order valence-corrected chi connectivity index (χ3v) is 20.5. The Balaban J connectivity index is 0.749. The number of nitrogens with one attached hydrogen (secondary N) is 3. The molecule has 1 saturated carbocycles. The number of halogens is 1. The number of carbonyl (C=O) groups is 4. The summed E-state index contributed by atoms with van der Waals surface area (Å²) in [4.78, 5) is 62.0. The van der Waals surface area contributed by atoms with Crippen LogP contribution in [0.15, 0.2) is 59.4 Å². The van der Waals surface area contributed by atoms with Gasteiger partial charge >= 0.3 is 11.9 Å². The zero-order chi connectivity index (χ0) is 57.1. The first-order valence-corrected chi connectivity index (χ1v) is 29.3. The van der Waals surface area contributed by atoms with Gasteiger partial charge in [0.25, 0.3) is 5.91 Å². The first-order valence-electron chi connectivity index (χ1n) is 28.9.